The molecule has 1 rings (SSSR count). The van der Waals surface area contributed by atoms with E-state index in [4.69, 9.17) is 11.6 Å². The van der Waals surface area contributed by atoms with Gasteiger partial charge in [-0.05, 0) is 11.6 Å². The molecule has 2 nitrogen and oxygen atoms in total. The van der Waals surface area contributed by atoms with Crippen molar-refractivity contribution in [1.29, 1.82) is 0 Å². The van der Waals surface area contributed by atoms with E-state index in [1.54, 1.807) is 0 Å². The number of halogens is 1. The lowest BCUT2D eigenvalue weighted by Crippen LogP contribution is -2.30. The third-order valence-corrected chi connectivity index (χ3v) is 2.34. The van der Waals surface area contributed by atoms with Gasteiger partial charge < -0.3 is 10.4 Å². The van der Waals surface area contributed by atoms with Crippen molar-refractivity contribution >= 4 is 11.6 Å². The molecule has 78 valence electrons. The van der Waals surface area contributed by atoms with Gasteiger partial charge in [-0.15, -0.1) is 0 Å². The number of benzene rings is 1. The Kier molecular flexibility index (Phi) is 4.39. The first-order valence-electron chi connectivity index (χ1n) is 4.76. The Hall–Kier alpha value is -0.570. The molecular weight excluding hydrogens is 198 g/mol. The van der Waals surface area contributed by atoms with E-state index >= 15 is 0 Å². The van der Waals surface area contributed by atoms with Gasteiger partial charge in [0.15, 0.2) is 0 Å². The normalized spacial score (nSPS) is 13.2. The van der Waals surface area contributed by atoms with Crippen molar-refractivity contribution < 1.29 is 5.11 Å². The molecule has 0 saturated heterocycles. The zero-order chi connectivity index (χ0) is 10.6. The van der Waals surface area contributed by atoms with Crippen LogP contribution in [0.4, 0.5) is 0 Å². The molecule has 0 heterocycles. The molecule has 1 aromatic rings. The third-order valence-electron chi connectivity index (χ3n) is 2.00. The molecule has 0 spiro atoms. The largest absolute Gasteiger partial charge is 0.394 e. The van der Waals surface area contributed by atoms with Gasteiger partial charge in [-0.1, -0.05) is 43.6 Å². The summed E-state index contributed by atoms with van der Waals surface area (Å²) >= 11 is 6.03. The van der Waals surface area contributed by atoms with Gasteiger partial charge in [0.05, 0.1) is 12.6 Å². The second-order valence-electron chi connectivity index (χ2n) is 3.58. The van der Waals surface area contributed by atoms with Crippen LogP contribution >= 0.6 is 11.6 Å². The minimum atomic E-state index is -0.0799. The Labute approximate surface area is 89.9 Å². The van der Waals surface area contributed by atoms with Crippen molar-refractivity contribution in [2.24, 2.45) is 0 Å². The number of aliphatic hydroxyl groups is 1. The fourth-order valence-electron chi connectivity index (χ4n) is 1.40. The van der Waals surface area contributed by atoms with E-state index in [-0.39, 0.29) is 12.6 Å². The third kappa shape index (κ3) is 2.98. The summed E-state index contributed by atoms with van der Waals surface area (Å²) < 4.78 is 0. The monoisotopic (exact) mass is 213 g/mol. The van der Waals surface area contributed by atoms with Crippen LogP contribution in [0.2, 0.25) is 5.02 Å². The average molecular weight is 214 g/mol. The Morgan fingerprint density at radius 1 is 1.36 bits per heavy atom. The van der Waals surface area contributed by atoms with Gasteiger partial charge in [-0.2, -0.15) is 0 Å². The Balaban J connectivity index is 2.83. The van der Waals surface area contributed by atoms with Crippen LogP contribution in [0.25, 0.3) is 0 Å². The van der Waals surface area contributed by atoms with Crippen molar-refractivity contribution in [3.05, 3.63) is 34.9 Å². The van der Waals surface area contributed by atoms with Crippen LogP contribution in [-0.4, -0.2) is 17.8 Å². The molecule has 0 fully saturated rings. The zero-order valence-electron chi connectivity index (χ0n) is 8.50. The van der Waals surface area contributed by atoms with Crippen molar-refractivity contribution in [1.82, 2.24) is 5.32 Å². The van der Waals surface area contributed by atoms with E-state index in [0.29, 0.717) is 11.1 Å². The maximum atomic E-state index is 9.23. The molecule has 1 atom stereocenters. The van der Waals surface area contributed by atoms with Gasteiger partial charge in [0, 0.05) is 11.1 Å². The molecule has 0 aliphatic heterocycles. The predicted molar refractivity (Wildman–Crippen MR) is 59.6 cm³/mol. The van der Waals surface area contributed by atoms with Gasteiger partial charge in [-0.3, -0.25) is 0 Å². The van der Waals surface area contributed by atoms with Crippen LogP contribution in [0, 0.1) is 0 Å². The van der Waals surface area contributed by atoms with Gasteiger partial charge >= 0.3 is 0 Å². The van der Waals surface area contributed by atoms with Crippen LogP contribution in [0.1, 0.15) is 25.5 Å². The van der Waals surface area contributed by atoms with Crippen LogP contribution in [0.3, 0.4) is 0 Å². The summed E-state index contributed by atoms with van der Waals surface area (Å²) in [6.07, 6.45) is 0. The summed E-state index contributed by atoms with van der Waals surface area (Å²) in [7, 11) is 0. The lowest BCUT2D eigenvalue weighted by Gasteiger charge is -2.20. The first kappa shape index (κ1) is 11.5. The van der Waals surface area contributed by atoms with Crippen LogP contribution in [-0.2, 0) is 0 Å². The summed E-state index contributed by atoms with van der Waals surface area (Å²) in [5.41, 5.74) is 0.949. The Morgan fingerprint density at radius 3 is 2.50 bits per heavy atom. The van der Waals surface area contributed by atoms with Gasteiger partial charge in [0.1, 0.15) is 0 Å². The maximum Gasteiger partial charge on any atom is 0.0627 e. The smallest absolute Gasteiger partial charge is 0.0627 e. The van der Waals surface area contributed by atoms with Gasteiger partial charge in [0.25, 0.3) is 0 Å². The molecule has 14 heavy (non-hydrogen) atoms. The topological polar surface area (TPSA) is 32.3 Å². The number of aliphatic hydroxyl groups excluding tert-OH is 1. The van der Waals surface area contributed by atoms with Crippen molar-refractivity contribution in [3.63, 3.8) is 0 Å². The molecule has 0 aliphatic rings. The fraction of sp³-hybridized carbons (Fsp3) is 0.455. The highest BCUT2D eigenvalue weighted by Gasteiger charge is 2.13. The molecule has 0 bridgehead atoms. The van der Waals surface area contributed by atoms with E-state index in [1.165, 1.54) is 0 Å². The minimum absolute atomic E-state index is 0.0575. The molecule has 0 aromatic heterocycles. The summed E-state index contributed by atoms with van der Waals surface area (Å²) in [4.78, 5) is 0. The van der Waals surface area contributed by atoms with E-state index in [1.807, 2.05) is 38.1 Å². The first-order valence-corrected chi connectivity index (χ1v) is 5.14. The number of hydrogen-bond acceptors (Lipinski definition) is 2. The molecule has 3 heteroatoms. The zero-order valence-corrected chi connectivity index (χ0v) is 9.25. The number of nitrogens with one attached hydrogen (secondary N) is 1. The summed E-state index contributed by atoms with van der Waals surface area (Å²) in [6.45, 7) is 4.14. The highest BCUT2D eigenvalue weighted by atomic mass is 35.5. The molecular formula is C11H16ClNO. The molecule has 0 radical (unpaired) electrons. The molecule has 1 aromatic carbocycles. The van der Waals surface area contributed by atoms with Crippen LogP contribution in [0.5, 0.6) is 0 Å². The van der Waals surface area contributed by atoms with E-state index in [9.17, 15) is 5.11 Å². The van der Waals surface area contributed by atoms with E-state index < -0.39 is 0 Å². The molecule has 2 N–H and O–H groups in total. The predicted octanol–water partition coefficient (Wildman–Crippen LogP) is 2.37. The fourth-order valence-corrected chi connectivity index (χ4v) is 1.67. The first-order chi connectivity index (χ1) is 6.65. The second-order valence-corrected chi connectivity index (χ2v) is 3.99. The van der Waals surface area contributed by atoms with Crippen molar-refractivity contribution in [2.75, 3.05) is 6.61 Å². The second kappa shape index (κ2) is 5.35. The van der Waals surface area contributed by atoms with E-state index in [0.717, 1.165) is 5.56 Å². The molecule has 1 unspecified atom stereocenters. The highest BCUT2D eigenvalue weighted by Crippen LogP contribution is 2.22. The maximum absolute atomic E-state index is 9.23. The van der Waals surface area contributed by atoms with Crippen molar-refractivity contribution in [3.8, 4) is 0 Å². The Morgan fingerprint density at radius 2 is 2.00 bits per heavy atom. The summed E-state index contributed by atoms with van der Waals surface area (Å²) in [5, 5.41) is 13.2. The van der Waals surface area contributed by atoms with Gasteiger partial charge in [-0.25, -0.2) is 0 Å². The molecule has 0 saturated carbocycles. The average Bonchev–Trinajstić information content (AvgIpc) is 2.15. The molecule has 0 aliphatic carbocycles. The van der Waals surface area contributed by atoms with E-state index in [2.05, 4.69) is 5.32 Å². The summed E-state index contributed by atoms with van der Waals surface area (Å²) in [6, 6.07) is 7.81. The summed E-state index contributed by atoms with van der Waals surface area (Å²) in [5.74, 6) is 0. The number of hydrogen-bond donors (Lipinski definition) is 2. The highest BCUT2D eigenvalue weighted by molar-refractivity contribution is 6.31. The number of rotatable bonds is 4. The lowest BCUT2D eigenvalue weighted by molar-refractivity contribution is 0.237. The molecule has 0 amide bonds. The standard InChI is InChI=1S/C11H16ClNO/c1-8(2)13-11(7-14)9-5-3-4-6-10(9)12/h3-6,8,11,13-14H,7H2,1-2H3. The quantitative estimate of drug-likeness (QED) is 0.805. The lowest BCUT2D eigenvalue weighted by atomic mass is 10.1. The SMILES string of the molecule is CC(C)NC(CO)c1ccccc1Cl. The van der Waals surface area contributed by atoms with Crippen molar-refractivity contribution in [2.45, 2.75) is 25.9 Å². The van der Waals surface area contributed by atoms with Crippen LogP contribution in [0.15, 0.2) is 24.3 Å². The van der Waals surface area contributed by atoms with Gasteiger partial charge in [0.2, 0.25) is 0 Å². The van der Waals surface area contributed by atoms with Crippen LogP contribution < -0.4 is 5.32 Å². The minimum Gasteiger partial charge on any atom is -0.394 e. The Bertz CT molecular complexity index is 288.